The molecule has 0 spiro atoms. The molecular formula is C22H31N3O5. The predicted molar refractivity (Wildman–Crippen MR) is 109 cm³/mol. The Balaban J connectivity index is 1.27. The van der Waals surface area contributed by atoms with E-state index in [0.717, 1.165) is 42.8 Å². The molecule has 30 heavy (non-hydrogen) atoms. The van der Waals surface area contributed by atoms with Gasteiger partial charge in [0.15, 0.2) is 0 Å². The number of hydrogen-bond donors (Lipinski definition) is 2. The van der Waals surface area contributed by atoms with Crippen molar-refractivity contribution in [2.45, 2.75) is 51.2 Å². The van der Waals surface area contributed by atoms with Crippen molar-refractivity contribution in [3.8, 4) is 0 Å². The first-order valence-corrected chi connectivity index (χ1v) is 10.9. The number of allylic oxidation sites excluding steroid dienone is 1. The van der Waals surface area contributed by atoms with E-state index in [1.165, 1.54) is 0 Å². The van der Waals surface area contributed by atoms with Crippen LogP contribution < -0.4 is 10.6 Å². The highest BCUT2D eigenvalue weighted by Gasteiger charge is 2.42. The summed E-state index contributed by atoms with van der Waals surface area (Å²) >= 11 is 0. The molecule has 2 fully saturated rings. The van der Waals surface area contributed by atoms with Crippen molar-refractivity contribution in [2.24, 2.45) is 11.8 Å². The van der Waals surface area contributed by atoms with Gasteiger partial charge in [-0.2, -0.15) is 0 Å². The summed E-state index contributed by atoms with van der Waals surface area (Å²) in [5.74, 6) is 0.915. The number of ether oxygens (including phenoxy) is 2. The van der Waals surface area contributed by atoms with E-state index >= 15 is 0 Å². The molecule has 8 heteroatoms. The van der Waals surface area contributed by atoms with E-state index in [-0.39, 0.29) is 30.1 Å². The zero-order valence-corrected chi connectivity index (χ0v) is 17.7. The van der Waals surface area contributed by atoms with Crippen LogP contribution in [0.4, 0.5) is 0 Å². The molecule has 1 saturated carbocycles. The van der Waals surface area contributed by atoms with E-state index in [4.69, 9.17) is 9.47 Å². The summed E-state index contributed by atoms with van der Waals surface area (Å²) < 4.78 is 11.3. The molecule has 2 aliphatic carbocycles. The van der Waals surface area contributed by atoms with Gasteiger partial charge in [0.2, 0.25) is 11.8 Å². The average Bonchev–Trinajstić information content (AvgIpc) is 2.99. The van der Waals surface area contributed by atoms with Gasteiger partial charge in [0.05, 0.1) is 11.9 Å². The molecule has 4 aliphatic rings. The summed E-state index contributed by atoms with van der Waals surface area (Å²) in [4.78, 5) is 38.2. The Morgan fingerprint density at radius 1 is 1.27 bits per heavy atom. The lowest BCUT2D eigenvalue weighted by atomic mass is 9.82. The maximum absolute atomic E-state index is 12.9. The molecule has 0 radical (unpaired) electrons. The lowest BCUT2D eigenvalue weighted by Gasteiger charge is -2.34. The van der Waals surface area contributed by atoms with Gasteiger partial charge in [0.25, 0.3) is 5.91 Å². The predicted octanol–water partition coefficient (Wildman–Crippen LogP) is 0.885. The minimum absolute atomic E-state index is 0.0553. The van der Waals surface area contributed by atoms with Crippen LogP contribution in [0.1, 0.15) is 39.0 Å². The third-order valence-electron chi connectivity index (χ3n) is 6.62. The highest BCUT2D eigenvalue weighted by molar-refractivity contribution is 6.05. The Morgan fingerprint density at radius 3 is 2.80 bits per heavy atom. The standard InChI is InChI=1S/C22H31N3O5/c1-13-7-17(30-6-5-23-11-14-8-16(9-14)29-2)10-15-12-25(22(28)20(13)15)18-3-4-19(26)24-21(18)27/h10,13-14,16,18,23H,3-9,11-12H2,1-2H3,(H,24,26,27)/t13?,14-,16+,18?. The summed E-state index contributed by atoms with van der Waals surface area (Å²) in [5.41, 5.74) is 1.72. The summed E-state index contributed by atoms with van der Waals surface area (Å²) in [6.07, 6.45) is 5.99. The van der Waals surface area contributed by atoms with Gasteiger partial charge in [0.1, 0.15) is 12.6 Å². The Hall–Kier alpha value is -2.19. The lowest BCUT2D eigenvalue weighted by molar-refractivity contribution is -0.143. The minimum Gasteiger partial charge on any atom is -0.497 e. The number of hydrogen-bond acceptors (Lipinski definition) is 6. The third-order valence-corrected chi connectivity index (χ3v) is 6.62. The Kier molecular flexibility index (Phi) is 6.24. The SMILES string of the molecule is CO[C@H]1C[C@@H](CNCCOC2=CC3=C(C(=O)N(C4CCC(=O)NC4=O)C3)C(C)C2)C1. The van der Waals surface area contributed by atoms with E-state index in [2.05, 4.69) is 10.6 Å². The van der Waals surface area contributed by atoms with Crippen LogP contribution in [0.25, 0.3) is 0 Å². The van der Waals surface area contributed by atoms with Crippen molar-refractivity contribution < 1.29 is 23.9 Å². The Labute approximate surface area is 177 Å². The van der Waals surface area contributed by atoms with Crippen LogP contribution in [0.3, 0.4) is 0 Å². The second-order valence-corrected chi connectivity index (χ2v) is 8.80. The molecule has 1 saturated heterocycles. The summed E-state index contributed by atoms with van der Waals surface area (Å²) in [7, 11) is 1.77. The van der Waals surface area contributed by atoms with Crippen LogP contribution in [0, 0.1) is 11.8 Å². The van der Waals surface area contributed by atoms with Gasteiger partial charge in [-0.25, -0.2) is 0 Å². The molecule has 0 bridgehead atoms. The fourth-order valence-corrected chi connectivity index (χ4v) is 4.87. The van der Waals surface area contributed by atoms with Crippen molar-refractivity contribution in [1.82, 2.24) is 15.5 Å². The van der Waals surface area contributed by atoms with E-state index < -0.39 is 6.04 Å². The van der Waals surface area contributed by atoms with Crippen LogP contribution in [-0.4, -0.2) is 68.1 Å². The summed E-state index contributed by atoms with van der Waals surface area (Å²) in [6, 6.07) is -0.570. The highest BCUT2D eigenvalue weighted by Crippen LogP contribution is 2.37. The molecule has 0 aromatic rings. The molecule has 3 amide bonds. The molecular weight excluding hydrogens is 386 g/mol. The number of amides is 3. The number of carbonyl (C=O) groups is 3. The second-order valence-electron chi connectivity index (χ2n) is 8.80. The number of imide groups is 1. The van der Waals surface area contributed by atoms with Crippen molar-refractivity contribution in [3.05, 3.63) is 23.0 Å². The van der Waals surface area contributed by atoms with Crippen molar-refractivity contribution in [2.75, 3.05) is 33.4 Å². The first-order chi connectivity index (χ1) is 14.5. The molecule has 2 heterocycles. The topological polar surface area (TPSA) is 97.0 Å². The largest absolute Gasteiger partial charge is 0.497 e. The van der Waals surface area contributed by atoms with Crippen LogP contribution >= 0.6 is 0 Å². The zero-order chi connectivity index (χ0) is 21.3. The van der Waals surface area contributed by atoms with Crippen LogP contribution in [-0.2, 0) is 23.9 Å². The number of rotatable bonds is 8. The van der Waals surface area contributed by atoms with E-state index in [0.29, 0.717) is 38.0 Å². The molecule has 4 rings (SSSR count). The molecule has 2 aliphatic heterocycles. The molecule has 2 N–H and O–H groups in total. The van der Waals surface area contributed by atoms with E-state index in [1.54, 1.807) is 12.0 Å². The molecule has 2 atom stereocenters. The van der Waals surface area contributed by atoms with Crippen LogP contribution in [0.5, 0.6) is 0 Å². The van der Waals surface area contributed by atoms with Crippen LogP contribution in [0.15, 0.2) is 23.0 Å². The average molecular weight is 418 g/mol. The van der Waals surface area contributed by atoms with Crippen molar-refractivity contribution >= 4 is 17.7 Å². The van der Waals surface area contributed by atoms with Gasteiger partial charge in [-0.3, -0.25) is 19.7 Å². The molecule has 8 nitrogen and oxygen atoms in total. The van der Waals surface area contributed by atoms with Crippen molar-refractivity contribution in [3.63, 3.8) is 0 Å². The number of nitrogens with zero attached hydrogens (tertiary/aromatic N) is 1. The van der Waals surface area contributed by atoms with Gasteiger partial charge in [0, 0.05) is 38.6 Å². The molecule has 0 aromatic heterocycles. The monoisotopic (exact) mass is 417 g/mol. The lowest BCUT2D eigenvalue weighted by Crippen LogP contribution is -2.53. The molecule has 164 valence electrons. The summed E-state index contributed by atoms with van der Waals surface area (Å²) in [5, 5.41) is 5.79. The van der Waals surface area contributed by atoms with Gasteiger partial charge < -0.3 is 19.7 Å². The van der Waals surface area contributed by atoms with Gasteiger partial charge >= 0.3 is 0 Å². The first kappa shape index (κ1) is 21.1. The van der Waals surface area contributed by atoms with Crippen molar-refractivity contribution in [1.29, 1.82) is 0 Å². The first-order valence-electron chi connectivity index (χ1n) is 10.9. The minimum atomic E-state index is -0.570. The maximum Gasteiger partial charge on any atom is 0.251 e. The fraction of sp³-hybridized carbons (Fsp3) is 0.682. The highest BCUT2D eigenvalue weighted by atomic mass is 16.5. The second kappa shape index (κ2) is 8.89. The number of methoxy groups -OCH3 is 1. The number of nitrogens with one attached hydrogen (secondary N) is 2. The quantitative estimate of drug-likeness (QED) is 0.450. The number of carbonyl (C=O) groups excluding carboxylic acids is 3. The maximum atomic E-state index is 12.9. The van der Waals surface area contributed by atoms with Gasteiger partial charge in [-0.15, -0.1) is 0 Å². The van der Waals surface area contributed by atoms with E-state index in [9.17, 15) is 14.4 Å². The van der Waals surface area contributed by atoms with Gasteiger partial charge in [-0.05, 0) is 49.3 Å². The summed E-state index contributed by atoms with van der Waals surface area (Å²) in [6.45, 7) is 4.79. The third kappa shape index (κ3) is 4.30. The van der Waals surface area contributed by atoms with E-state index in [1.807, 2.05) is 13.0 Å². The fourth-order valence-electron chi connectivity index (χ4n) is 4.87. The van der Waals surface area contributed by atoms with Gasteiger partial charge in [-0.1, -0.05) is 6.92 Å². The molecule has 2 unspecified atom stereocenters. The normalized spacial score (nSPS) is 31.3. The van der Waals surface area contributed by atoms with Crippen LogP contribution in [0.2, 0.25) is 0 Å². The number of piperidine rings is 1. The zero-order valence-electron chi connectivity index (χ0n) is 17.7. The Bertz CT molecular complexity index is 784. The molecule has 0 aromatic carbocycles. The Morgan fingerprint density at radius 2 is 2.07 bits per heavy atom. The smallest absolute Gasteiger partial charge is 0.251 e.